The molecule has 5 heteroatoms. The average Bonchev–Trinajstić information content (AvgIpc) is 2.73. The topological polar surface area (TPSA) is 57.0 Å². The predicted molar refractivity (Wildman–Crippen MR) is 55.4 cm³/mol. The first kappa shape index (κ1) is 11.7. The Hall–Kier alpha value is -1.39. The highest BCUT2D eigenvalue weighted by Crippen LogP contribution is 2.10. The van der Waals surface area contributed by atoms with Gasteiger partial charge in [-0.3, -0.25) is 4.68 Å². The fourth-order valence-electron chi connectivity index (χ4n) is 1.40. The van der Waals surface area contributed by atoms with Gasteiger partial charge >= 0.3 is 5.97 Å². The number of aromatic nitrogens is 3. The molecule has 0 aliphatic carbocycles. The number of nitrogens with zero attached hydrogens (tertiary/aromatic N) is 3. The maximum atomic E-state index is 11.1. The van der Waals surface area contributed by atoms with E-state index in [1.807, 2.05) is 0 Å². The molecule has 0 amide bonds. The van der Waals surface area contributed by atoms with Crippen LogP contribution in [0.4, 0.5) is 0 Å². The van der Waals surface area contributed by atoms with Crippen molar-refractivity contribution in [1.82, 2.24) is 15.0 Å². The fourth-order valence-corrected chi connectivity index (χ4v) is 1.40. The van der Waals surface area contributed by atoms with Gasteiger partial charge in [0, 0.05) is 6.54 Å². The normalized spacial score (nSPS) is 10.7. The second-order valence-electron chi connectivity index (χ2n) is 3.50. The largest absolute Gasteiger partial charge is 0.464 e. The van der Waals surface area contributed by atoms with Crippen molar-refractivity contribution in [3.63, 3.8) is 0 Å². The van der Waals surface area contributed by atoms with E-state index in [1.165, 1.54) is 7.11 Å². The van der Waals surface area contributed by atoms with Gasteiger partial charge in [-0.25, -0.2) is 4.79 Å². The Morgan fingerprint density at radius 3 is 2.73 bits per heavy atom. The van der Waals surface area contributed by atoms with Crippen molar-refractivity contribution in [3.05, 3.63) is 11.9 Å². The lowest BCUT2D eigenvalue weighted by Crippen LogP contribution is -2.09. The van der Waals surface area contributed by atoms with Crippen LogP contribution < -0.4 is 0 Å². The number of carbonyl (C=O) groups excluding carboxylic acids is 1. The zero-order valence-electron chi connectivity index (χ0n) is 9.43. The maximum Gasteiger partial charge on any atom is 0.360 e. The summed E-state index contributed by atoms with van der Waals surface area (Å²) in [5.41, 5.74) is 0.267. The van der Waals surface area contributed by atoms with Crippen LogP contribution in [-0.2, 0) is 11.3 Å². The Kier molecular flexibility index (Phi) is 4.27. The smallest absolute Gasteiger partial charge is 0.360 e. The average molecular weight is 211 g/mol. The minimum absolute atomic E-state index is 0.267. The fraction of sp³-hybridized carbons (Fsp3) is 0.700. The second kappa shape index (κ2) is 5.48. The SMILES string of the molecule is CCC(CC)Cn1cc(C(=O)OC)nn1. The predicted octanol–water partition coefficient (Wildman–Crippen LogP) is 1.50. The van der Waals surface area contributed by atoms with Crippen molar-refractivity contribution in [3.8, 4) is 0 Å². The Labute approximate surface area is 89.4 Å². The van der Waals surface area contributed by atoms with Gasteiger partial charge in [-0.05, 0) is 5.92 Å². The highest BCUT2D eigenvalue weighted by molar-refractivity contribution is 5.86. The molecule has 15 heavy (non-hydrogen) atoms. The summed E-state index contributed by atoms with van der Waals surface area (Å²) in [6, 6.07) is 0. The Balaban J connectivity index is 2.63. The van der Waals surface area contributed by atoms with E-state index >= 15 is 0 Å². The lowest BCUT2D eigenvalue weighted by molar-refractivity contribution is 0.0594. The highest BCUT2D eigenvalue weighted by Gasteiger charge is 2.12. The van der Waals surface area contributed by atoms with Crippen molar-refractivity contribution < 1.29 is 9.53 Å². The molecule has 84 valence electrons. The molecular weight excluding hydrogens is 194 g/mol. The molecule has 0 saturated carbocycles. The van der Waals surface area contributed by atoms with Crippen molar-refractivity contribution >= 4 is 5.97 Å². The molecule has 1 aromatic heterocycles. The van der Waals surface area contributed by atoms with Gasteiger partial charge in [-0.2, -0.15) is 0 Å². The molecule has 0 saturated heterocycles. The number of carbonyl (C=O) groups is 1. The quantitative estimate of drug-likeness (QED) is 0.692. The summed E-state index contributed by atoms with van der Waals surface area (Å²) in [6.07, 6.45) is 3.83. The zero-order chi connectivity index (χ0) is 11.3. The van der Waals surface area contributed by atoms with Crippen LogP contribution in [0.3, 0.4) is 0 Å². The van der Waals surface area contributed by atoms with Gasteiger partial charge in [-0.1, -0.05) is 31.9 Å². The van der Waals surface area contributed by atoms with E-state index in [0.29, 0.717) is 5.92 Å². The molecule has 0 aromatic carbocycles. The van der Waals surface area contributed by atoms with Crippen LogP contribution >= 0.6 is 0 Å². The molecule has 0 bridgehead atoms. The number of hydrogen-bond acceptors (Lipinski definition) is 4. The maximum absolute atomic E-state index is 11.1. The van der Waals surface area contributed by atoms with Crippen LogP contribution in [0.2, 0.25) is 0 Å². The minimum Gasteiger partial charge on any atom is -0.464 e. The summed E-state index contributed by atoms with van der Waals surface area (Å²) in [4.78, 5) is 11.1. The molecule has 1 aromatic rings. The van der Waals surface area contributed by atoms with Crippen molar-refractivity contribution in [2.75, 3.05) is 7.11 Å². The van der Waals surface area contributed by atoms with E-state index in [9.17, 15) is 4.79 Å². The van der Waals surface area contributed by atoms with Crippen LogP contribution in [0.5, 0.6) is 0 Å². The van der Waals surface area contributed by atoms with Gasteiger partial charge in [0.25, 0.3) is 0 Å². The molecular formula is C10H17N3O2. The number of rotatable bonds is 5. The Morgan fingerprint density at radius 1 is 1.53 bits per heavy atom. The van der Waals surface area contributed by atoms with E-state index in [0.717, 1.165) is 19.4 Å². The summed E-state index contributed by atoms with van der Waals surface area (Å²) >= 11 is 0. The molecule has 0 unspecified atom stereocenters. The van der Waals surface area contributed by atoms with Gasteiger partial charge < -0.3 is 4.74 Å². The van der Waals surface area contributed by atoms with Crippen LogP contribution in [0, 0.1) is 5.92 Å². The van der Waals surface area contributed by atoms with E-state index in [-0.39, 0.29) is 5.69 Å². The summed E-state index contributed by atoms with van der Waals surface area (Å²) in [7, 11) is 1.34. The van der Waals surface area contributed by atoms with Gasteiger partial charge in [0.05, 0.1) is 13.3 Å². The molecule has 0 atom stereocenters. The molecule has 1 heterocycles. The first-order valence-corrected chi connectivity index (χ1v) is 5.19. The standard InChI is InChI=1S/C10H17N3O2/c1-4-8(5-2)6-13-7-9(11-12-13)10(14)15-3/h7-8H,4-6H2,1-3H3. The molecule has 0 fully saturated rings. The third-order valence-electron chi connectivity index (χ3n) is 2.53. The highest BCUT2D eigenvalue weighted by atomic mass is 16.5. The van der Waals surface area contributed by atoms with Crippen LogP contribution in [0.1, 0.15) is 37.2 Å². The molecule has 0 spiro atoms. The van der Waals surface area contributed by atoms with E-state index in [2.05, 4.69) is 28.9 Å². The van der Waals surface area contributed by atoms with Crippen molar-refractivity contribution in [2.45, 2.75) is 33.2 Å². The van der Waals surface area contributed by atoms with Crippen molar-refractivity contribution in [2.24, 2.45) is 5.92 Å². The molecule has 0 radical (unpaired) electrons. The van der Waals surface area contributed by atoms with Crippen LogP contribution in [0.25, 0.3) is 0 Å². The van der Waals surface area contributed by atoms with E-state index < -0.39 is 5.97 Å². The lowest BCUT2D eigenvalue weighted by atomic mass is 10.0. The number of ether oxygens (including phenoxy) is 1. The van der Waals surface area contributed by atoms with Gasteiger partial charge in [0.15, 0.2) is 5.69 Å². The molecule has 0 N–H and O–H groups in total. The summed E-state index contributed by atoms with van der Waals surface area (Å²) in [5, 5.41) is 7.63. The molecule has 1 rings (SSSR count). The number of hydrogen-bond donors (Lipinski definition) is 0. The third kappa shape index (κ3) is 3.04. The minimum atomic E-state index is -0.439. The monoisotopic (exact) mass is 211 g/mol. The zero-order valence-corrected chi connectivity index (χ0v) is 9.43. The van der Waals surface area contributed by atoms with E-state index in [4.69, 9.17) is 0 Å². The molecule has 5 nitrogen and oxygen atoms in total. The van der Waals surface area contributed by atoms with Gasteiger partial charge in [-0.15, -0.1) is 5.10 Å². The summed E-state index contributed by atoms with van der Waals surface area (Å²) in [6.45, 7) is 5.09. The first-order chi connectivity index (χ1) is 7.21. The Bertz CT molecular complexity index is 318. The molecule has 0 aliphatic heterocycles. The van der Waals surface area contributed by atoms with Gasteiger partial charge in [0.1, 0.15) is 0 Å². The Morgan fingerprint density at radius 2 is 2.20 bits per heavy atom. The summed E-state index contributed by atoms with van der Waals surface area (Å²) < 4.78 is 6.25. The number of methoxy groups -OCH3 is 1. The molecule has 0 aliphatic rings. The van der Waals surface area contributed by atoms with Crippen LogP contribution in [-0.4, -0.2) is 28.1 Å². The number of esters is 1. The van der Waals surface area contributed by atoms with Crippen molar-refractivity contribution in [1.29, 1.82) is 0 Å². The third-order valence-corrected chi connectivity index (χ3v) is 2.53. The van der Waals surface area contributed by atoms with Crippen LogP contribution in [0.15, 0.2) is 6.20 Å². The first-order valence-electron chi connectivity index (χ1n) is 5.19. The second-order valence-corrected chi connectivity index (χ2v) is 3.50. The van der Waals surface area contributed by atoms with E-state index in [1.54, 1.807) is 10.9 Å². The summed E-state index contributed by atoms with van der Waals surface area (Å²) in [5.74, 6) is 0.142. The lowest BCUT2D eigenvalue weighted by Gasteiger charge is -2.10. The van der Waals surface area contributed by atoms with Gasteiger partial charge in [0.2, 0.25) is 0 Å².